The van der Waals surface area contributed by atoms with E-state index >= 15 is 0 Å². The molecule has 2 nitrogen and oxygen atoms in total. The van der Waals surface area contributed by atoms with Gasteiger partial charge in [0.25, 0.3) is 0 Å². The number of unbranched alkanes of at least 4 members (excludes halogenated alkanes) is 2. The summed E-state index contributed by atoms with van der Waals surface area (Å²) >= 11 is 0. The van der Waals surface area contributed by atoms with Gasteiger partial charge in [-0.3, -0.25) is 0 Å². The highest BCUT2D eigenvalue weighted by molar-refractivity contribution is 4.98. The molecule has 0 spiro atoms. The Balaban J connectivity index is 1.55. The Labute approximate surface area is 74.2 Å². The molecular weight excluding hydrogens is 152 g/mol. The Morgan fingerprint density at radius 1 is 1.33 bits per heavy atom. The van der Waals surface area contributed by atoms with Gasteiger partial charge in [-0.2, -0.15) is 0 Å². The highest BCUT2D eigenvalue weighted by Crippen LogP contribution is 2.40. The summed E-state index contributed by atoms with van der Waals surface area (Å²) in [6, 6.07) is 0. The monoisotopic (exact) mass is 170 g/mol. The molecule has 0 aromatic carbocycles. The number of epoxide rings is 1. The van der Waals surface area contributed by atoms with Crippen LogP contribution in [0.15, 0.2) is 0 Å². The van der Waals surface area contributed by atoms with Gasteiger partial charge >= 0.3 is 0 Å². The lowest BCUT2D eigenvalue weighted by Crippen LogP contribution is -2.16. The van der Waals surface area contributed by atoms with E-state index < -0.39 is 0 Å². The largest absolute Gasteiger partial charge is 0.375 e. The topological polar surface area (TPSA) is 21.8 Å². The zero-order valence-electron chi connectivity index (χ0n) is 7.79. The van der Waals surface area contributed by atoms with E-state index in [0.29, 0.717) is 18.3 Å². The zero-order valence-corrected chi connectivity index (χ0v) is 7.79. The SMILES string of the molecule is CCCCCOC1CCC2OC12. The zero-order chi connectivity index (χ0) is 8.39. The van der Waals surface area contributed by atoms with E-state index in [9.17, 15) is 0 Å². The van der Waals surface area contributed by atoms with Gasteiger partial charge < -0.3 is 9.47 Å². The minimum absolute atomic E-state index is 0.437. The molecule has 3 unspecified atom stereocenters. The van der Waals surface area contributed by atoms with Crippen molar-refractivity contribution in [1.29, 1.82) is 0 Å². The predicted octanol–water partition coefficient (Wildman–Crippen LogP) is 2.12. The lowest BCUT2D eigenvalue weighted by Gasteiger charge is -2.11. The van der Waals surface area contributed by atoms with E-state index in [1.54, 1.807) is 0 Å². The molecule has 70 valence electrons. The van der Waals surface area contributed by atoms with Gasteiger partial charge in [0.1, 0.15) is 6.10 Å². The van der Waals surface area contributed by atoms with E-state index in [0.717, 1.165) is 6.61 Å². The van der Waals surface area contributed by atoms with Crippen LogP contribution in [0, 0.1) is 0 Å². The molecular formula is C10H18O2. The molecule has 2 fully saturated rings. The second kappa shape index (κ2) is 3.75. The summed E-state index contributed by atoms with van der Waals surface area (Å²) in [5, 5.41) is 0. The lowest BCUT2D eigenvalue weighted by atomic mass is 10.2. The van der Waals surface area contributed by atoms with Crippen molar-refractivity contribution in [3.63, 3.8) is 0 Å². The van der Waals surface area contributed by atoms with E-state index in [-0.39, 0.29) is 0 Å². The molecule has 2 aliphatic rings. The number of hydrogen-bond acceptors (Lipinski definition) is 2. The van der Waals surface area contributed by atoms with Crippen molar-refractivity contribution in [2.24, 2.45) is 0 Å². The third kappa shape index (κ3) is 1.80. The maximum Gasteiger partial charge on any atom is 0.110 e. The van der Waals surface area contributed by atoms with Crippen LogP contribution in [0.5, 0.6) is 0 Å². The van der Waals surface area contributed by atoms with Crippen molar-refractivity contribution in [3.8, 4) is 0 Å². The van der Waals surface area contributed by atoms with Gasteiger partial charge in [0.15, 0.2) is 0 Å². The number of fused-ring (bicyclic) bond motifs is 1. The maximum absolute atomic E-state index is 5.73. The number of ether oxygens (including phenoxy) is 2. The highest BCUT2D eigenvalue weighted by atomic mass is 16.6. The van der Waals surface area contributed by atoms with Crippen molar-refractivity contribution in [1.82, 2.24) is 0 Å². The minimum atomic E-state index is 0.437. The third-order valence-electron chi connectivity index (χ3n) is 2.80. The Morgan fingerprint density at radius 2 is 2.25 bits per heavy atom. The van der Waals surface area contributed by atoms with E-state index in [1.807, 2.05) is 0 Å². The van der Waals surface area contributed by atoms with Gasteiger partial charge in [-0.15, -0.1) is 0 Å². The van der Waals surface area contributed by atoms with Crippen molar-refractivity contribution >= 4 is 0 Å². The Kier molecular flexibility index (Phi) is 2.66. The summed E-state index contributed by atoms with van der Waals surface area (Å²) in [6.45, 7) is 3.15. The summed E-state index contributed by atoms with van der Waals surface area (Å²) < 4.78 is 11.1. The van der Waals surface area contributed by atoms with Crippen molar-refractivity contribution in [3.05, 3.63) is 0 Å². The molecule has 0 amide bonds. The predicted molar refractivity (Wildman–Crippen MR) is 47.2 cm³/mol. The van der Waals surface area contributed by atoms with Gasteiger partial charge in [-0.05, 0) is 19.3 Å². The summed E-state index contributed by atoms with van der Waals surface area (Å²) in [7, 11) is 0. The van der Waals surface area contributed by atoms with E-state index in [2.05, 4.69) is 6.92 Å². The molecule has 0 bridgehead atoms. The Morgan fingerprint density at radius 3 is 2.83 bits per heavy atom. The normalized spacial score (nSPS) is 38.2. The van der Waals surface area contributed by atoms with Crippen LogP contribution in [-0.2, 0) is 9.47 Å². The summed E-state index contributed by atoms with van der Waals surface area (Å²) in [5.74, 6) is 0. The first-order chi connectivity index (χ1) is 5.92. The van der Waals surface area contributed by atoms with Crippen LogP contribution in [0.3, 0.4) is 0 Å². The third-order valence-corrected chi connectivity index (χ3v) is 2.80. The van der Waals surface area contributed by atoms with Crippen molar-refractivity contribution < 1.29 is 9.47 Å². The van der Waals surface area contributed by atoms with Crippen LogP contribution in [0.1, 0.15) is 39.0 Å². The highest BCUT2D eigenvalue weighted by Gasteiger charge is 2.50. The molecule has 0 aromatic rings. The standard InChI is InChI=1S/C10H18O2/c1-2-3-4-7-11-8-5-6-9-10(8)12-9/h8-10H,2-7H2,1H3. The fourth-order valence-corrected chi connectivity index (χ4v) is 1.97. The molecule has 1 saturated heterocycles. The molecule has 0 radical (unpaired) electrons. The van der Waals surface area contributed by atoms with Gasteiger partial charge in [-0.1, -0.05) is 19.8 Å². The number of hydrogen-bond donors (Lipinski definition) is 0. The molecule has 3 atom stereocenters. The fraction of sp³-hybridized carbons (Fsp3) is 1.00. The molecule has 1 aliphatic heterocycles. The fourth-order valence-electron chi connectivity index (χ4n) is 1.97. The maximum atomic E-state index is 5.73. The van der Waals surface area contributed by atoms with Crippen LogP contribution in [-0.4, -0.2) is 24.9 Å². The average Bonchev–Trinajstić information content (AvgIpc) is 2.76. The van der Waals surface area contributed by atoms with Crippen LogP contribution < -0.4 is 0 Å². The summed E-state index contributed by atoms with van der Waals surface area (Å²) in [6.07, 6.45) is 7.72. The molecule has 0 aromatic heterocycles. The second-order valence-corrected chi connectivity index (χ2v) is 3.83. The van der Waals surface area contributed by atoms with Crippen molar-refractivity contribution in [2.45, 2.75) is 57.3 Å². The second-order valence-electron chi connectivity index (χ2n) is 3.83. The van der Waals surface area contributed by atoms with Crippen LogP contribution in [0.2, 0.25) is 0 Å². The van der Waals surface area contributed by atoms with Gasteiger partial charge in [0.05, 0.1) is 12.2 Å². The Bertz CT molecular complexity index is 147. The van der Waals surface area contributed by atoms with Gasteiger partial charge in [0.2, 0.25) is 0 Å². The summed E-state index contributed by atoms with van der Waals surface area (Å²) in [5.41, 5.74) is 0. The first kappa shape index (κ1) is 8.52. The first-order valence-electron chi connectivity index (χ1n) is 5.19. The lowest BCUT2D eigenvalue weighted by molar-refractivity contribution is 0.0252. The molecule has 2 heteroatoms. The van der Waals surface area contributed by atoms with Gasteiger partial charge in [0, 0.05) is 6.61 Å². The minimum Gasteiger partial charge on any atom is -0.375 e. The van der Waals surface area contributed by atoms with E-state index in [1.165, 1.54) is 32.1 Å². The quantitative estimate of drug-likeness (QED) is 0.465. The molecule has 1 aliphatic carbocycles. The molecule has 2 rings (SSSR count). The average molecular weight is 170 g/mol. The number of rotatable bonds is 5. The summed E-state index contributed by atoms with van der Waals surface area (Å²) in [4.78, 5) is 0. The molecule has 1 saturated carbocycles. The Hall–Kier alpha value is -0.0800. The van der Waals surface area contributed by atoms with Crippen LogP contribution >= 0.6 is 0 Å². The van der Waals surface area contributed by atoms with Gasteiger partial charge in [-0.25, -0.2) is 0 Å². The first-order valence-corrected chi connectivity index (χ1v) is 5.19. The van der Waals surface area contributed by atoms with Crippen LogP contribution in [0.25, 0.3) is 0 Å². The molecule has 0 N–H and O–H groups in total. The van der Waals surface area contributed by atoms with Crippen molar-refractivity contribution in [2.75, 3.05) is 6.61 Å². The molecule has 1 heterocycles. The smallest absolute Gasteiger partial charge is 0.110 e. The van der Waals surface area contributed by atoms with Crippen LogP contribution in [0.4, 0.5) is 0 Å². The van der Waals surface area contributed by atoms with E-state index in [4.69, 9.17) is 9.47 Å². The molecule has 12 heavy (non-hydrogen) atoms.